The maximum atomic E-state index is 9.43. The number of aliphatic hydroxyl groups excluding tert-OH is 1. The Morgan fingerprint density at radius 3 is 2.82 bits per heavy atom. The quantitative estimate of drug-likeness (QED) is 0.508. The van der Waals surface area contributed by atoms with Gasteiger partial charge in [0.05, 0.1) is 12.6 Å². The highest BCUT2D eigenvalue weighted by molar-refractivity contribution is 5.33. The van der Waals surface area contributed by atoms with E-state index in [0.29, 0.717) is 12.4 Å². The molecule has 0 spiro atoms. The first-order valence-corrected chi connectivity index (χ1v) is 5.89. The van der Waals surface area contributed by atoms with Crippen molar-refractivity contribution in [2.75, 3.05) is 18.5 Å². The Kier molecular flexibility index (Phi) is 3.88. The Morgan fingerprint density at radius 2 is 2.18 bits per heavy atom. The minimum absolute atomic E-state index is 0.147. The van der Waals surface area contributed by atoms with Crippen LogP contribution in [0.1, 0.15) is 24.4 Å². The van der Waals surface area contributed by atoms with E-state index < -0.39 is 0 Å². The molecule has 1 aliphatic heterocycles. The molecule has 0 amide bonds. The molecule has 94 valence electrons. The van der Waals surface area contributed by atoms with Crippen LogP contribution in [0.5, 0.6) is 0 Å². The number of aromatic nitrogens is 2. The van der Waals surface area contributed by atoms with Crippen LogP contribution < -0.4 is 11.3 Å². The first-order chi connectivity index (χ1) is 8.17. The van der Waals surface area contributed by atoms with Gasteiger partial charge in [-0.3, -0.25) is 4.90 Å². The number of rotatable bonds is 3. The zero-order valence-corrected chi connectivity index (χ0v) is 10.1. The number of nitrogens with two attached hydrogens (primary N) is 1. The second kappa shape index (κ2) is 5.39. The molecule has 0 unspecified atom stereocenters. The summed E-state index contributed by atoms with van der Waals surface area (Å²) in [5, 5.41) is 9.43. The van der Waals surface area contributed by atoms with E-state index in [1.54, 1.807) is 0 Å². The van der Waals surface area contributed by atoms with Gasteiger partial charge in [-0.15, -0.1) is 0 Å². The molecule has 0 aliphatic carbocycles. The molecule has 0 bridgehead atoms. The number of nitrogens with zero attached hydrogens (tertiary/aromatic N) is 3. The number of likely N-dealkylation sites (tertiary alicyclic amines) is 1. The standard InChI is InChI=1S/C11H19N5O/c1-8-6-10(15-12)14-11(13-8)7-16-4-2-9(17)3-5-16/h6,9,17H,2-5,7,12H2,1H3,(H,13,14,15). The highest BCUT2D eigenvalue weighted by Crippen LogP contribution is 2.13. The lowest BCUT2D eigenvalue weighted by Gasteiger charge is -2.28. The lowest BCUT2D eigenvalue weighted by Crippen LogP contribution is -2.35. The number of hydrogen-bond donors (Lipinski definition) is 3. The highest BCUT2D eigenvalue weighted by atomic mass is 16.3. The number of nitrogens with one attached hydrogen (secondary N) is 1. The van der Waals surface area contributed by atoms with Crippen molar-refractivity contribution < 1.29 is 5.11 Å². The number of aliphatic hydroxyl groups is 1. The van der Waals surface area contributed by atoms with Gasteiger partial charge in [0.1, 0.15) is 11.6 Å². The van der Waals surface area contributed by atoms with E-state index in [1.165, 1.54) is 0 Å². The molecule has 6 nitrogen and oxygen atoms in total. The summed E-state index contributed by atoms with van der Waals surface area (Å²) in [5.74, 6) is 6.77. The Morgan fingerprint density at radius 1 is 1.47 bits per heavy atom. The third-order valence-corrected chi connectivity index (χ3v) is 2.97. The van der Waals surface area contributed by atoms with Gasteiger partial charge in [0.15, 0.2) is 0 Å². The van der Waals surface area contributed by atoms with E-state index in [4.69, 9.17) is 5.84 Å². The monoisotopic (exact) mass is 237 g/mol. The van der Waals surface area contributed by atoms with Crippen LogP contribution in [0, 0.1) is 6.92 Å². The molecule has 2 rings (SSSR count). The van der Waals surface area contributed by atoms with Gasteiger partial charge in [0, 0.05) is 24.8 Å². The van der Waals surface area contributed by atoms with Crippen molar-refractivity contribution in [3.05, 3.63) is 17.6 Å². The molecular weight excluding hydrogens is 218 g/mol. The van der Waals surface area contributed by atoms with Crippen LogP contribution in [-0.4, -0.2) is 39.2 Å². The van der Waals surface area contributed by atoms with Crippen molar-refractivity contribution in [1.29, 1.82) is 0 Å². The molecule has 2 heterocycles. The summed E-state index contributed by atoms with van der Waals surface area (Å²) in [5.41, 5.74) is 3.45. The first kappa shape index (κ1) is 12.2. The van der Waals surface area contributed by atoms with Crippen molar-refractivity contribution in [3.63, 3.8) is 0 Å². The van der Waals surface area contributed by atoms with E-state index in [1.807, 2.05) is 13.0 Å². The first-order valence-electron chi connectivity index (χ1n) is 5.89. The minimum atomic E-state index is -0.147. The fraction of sp³-hybridized carbons (Fsp3) is 0.636. The SMILES string of the molecule is Cc1cc(NN)nc(CN2CCC(O)CC2)n1. The molecule has 17 heavy (non-hydrogen) atoms. The van der Waals surface area contributed by atoms with Gasteiger partial charge in [-0.25, -0.2) is 15.8 Å². The zero-order chi connectivity index (χ0) is 12.3. The van der Waals surface area contributed by atoms with Crippen molar-refractivity contribution in [2.45, 2.75) is 32.4 Å². The predicted molar refractivity (Wildman–Crippen MR) is 65.1 cm³/mol. The Balaban J connectivity index is 2.00. The molecule has 4 N–H and O–H groups in total. The molecule has 1 aromatic heterocycles. The van der Waals surface area contributed by atoms with Gasteiger partial charge in [-0.05, 0) is 19.8 Å². The summed E-state index contributed by atoms with van der Waals surface area (Å²) in [6.45, 7) is 4.42. The van der Waals surface area contributed by atoms with E-state index in [-0.39, 0.29) is 6.10 Å². The number of aryl methyl sites for hydroxylation is 1. The maximum absolute atomic E-state index is 9.43. The van der Waals surface area contributed by atoms with Gasteiger partial charge in [-0.1, -0.05) is 0 Å². The van der Waals surface area contributed by atoms with Crippen LogP contribution in [0.25, 0.3) is 0 Å². The lowest BCUT2D eigenvalue weighted by molar-refractivity contribution is 0.0780. The summed E-state index contributed by atoms with van der Waals surface area (Å²) in [6.07, 6.45) is 1.51. The number of piperidine rings is 1. The zero-order valence-electron chi connectivity index (χ0n) is 10.1. The summed E-state index contributed by atoms with van der Waals surface area (Å²) in [7, 11) is 0. The molecule has 1 saturated heterocycles. The minimum Gasteiger partial charge on any atom is -0.393 e. The number of nitrogen functional groups attached to an aromatic ring is 1. The summed E-state index contributed by atoms with van der Waals surface area (Å²) in [4.78, 5) is 10.9. The van der Waals surface area contributed by atoms with Crippen molar-refractivity contribution in [1.82, 2.24) is 14.9 Å². The second-order valence-corrected chi connectivity index (χ2v) is 4.46. The molecular formula is C11H19N5O. The van der Waals surface area contributed by atoms with E-state index >= 15 is 0 Å². The summed E-state index contributed by atoms with van der Waals surface area (Å²) < 4.78 is 0. The molecule has 0 atom stereocenters. The second-order valence-electron chi connectivity index (χ2n) is 4.46. The topological polar surface area (TPSA) is 87.3 Å². The smallest absolute Gasteiger partial charge is 0.145 e. The number of anilines is 1. The molecule has 6 heteroatoms. The number of hydrogen-bond acceptors (Lipinski definition) is 6. The van der Waals surface area contributed by atoms with Crippen LogP contribution in [0.15, 0.2) is 6.07 Å². The van der Waals surface area contributed by atoms with Gasteiger partial charge in [0.25, 0.3) is 0 Å². The molecule has 1 aromatic rings. The largest absolute Gasteiger partial charge is 0.393 e. The number of hydrazine groups is 1. The van der Waals surface area contributed by atoms with Gasteiger partial charge in [0.2, 0.25) is 0 Å². The Bertz CT molecular complexity index is 376. The average molecular weight is 237 g/mol. The van der Waals surface area contributed by atoms with Crippen molar-refractivity contribution in [3.8, 4) is 0 Å². The van der Waals surface area contributed by atoms with E-state index in [0.717, 1.165) is 37.4 Å². The van der Waals surface area contributed by atoms with Crippen molar-refractivity contribution in [2.24, 2.45) is 5.84 Å². The van der Waals surface area contributed by atoms with E-state index in [9.17, 15) is 5.11 Å². The van der Waals surface area contributed by atoms with Gasteiger partial charge < -0.3 is 10.5 Å². The fourth-order valence-electron chi connectivity index (χ4n) is 2.05. The third kappa shape index (κ3) is 3.36. The van der Waals surface area contributed by atoms with E-state index in [2.05, 4.69) is 20.3 Å². The van der Waals surface area contributed by atoms with Crippen LogP contribution in [0.4, 0.5) is 5.82 Å². The van der Waals surface area contributed by atoms with Crippen molar-refractivity contribution >= 4 is 5.82 Å². The van der Waals surface area contributed by atoms with Crippen LogP contribution in [0.3, 0.4) is 0 Å². The fourth-order valence-corrected chi connectivity index (χ4v) is 2.05. The molecule has 0 saturated carbocycles. The van der Waals surface area contributed by atoms with Gasteiger partial charge in [-0.2, -0.15) is 0 Å². The Hall–Kier alpha value is -1.24. The summed E-state index contributed by atoms with van der Waals surface area (Å²) in [6, 6.07) is 1.81. The lowest BCUT2D eigenvalue weighted by atomic mass is 10.1. The Labute approximate surface area is 101 Å². The van der Waals surface area contributed by atoms with Crippen LogP contribution in [-0.2, 0) is 6.54 Å². The third-order valence-electron chi connectivity index (χ3n) is 2.97. The molecule has 1 aliphatic rings. The average Bonchev–Trinajstić information content (AvgIpc) is 2.31. The van der Waals surface area contributed by atoms with Crippen LogP contribution in [0.2, 0.25) is 0 Å². The normalized spacial score (nSPS) is 18.3. The molecule has 0 radical (unpaired) electrons. The van der Waals surface area contributed by atoms with Gasteiger partial charge >= 0.3 is 0 Å². The highest BCUT2D eigenvalue weighted by Gasteiger charge is 2.17. The van der Waals surface area contributed by atoms with Crippen LogP contribution >= 0.6 is 0 Å². The molecule has 0 aromatic carbocycles. The molecule has 1 fully saturated rings. The maximum Gasteiger partial charge on any atom is 0.145 e. The summed E-state index contributed by atoms with van der Waals surface area (Å²) >= 11 is 0. The predicted octanol–water partition coefficient (Wildman–Crippen LogP) is 0.0273.